The summed E-state index contributed by atoms with van der Waals surface area (Å²) in [6.45, 7) is 4.15. The van der Waals surface area contributed by atoms with Crippen molar-refractivity contribution in [2.45, 2.75) is 19.6 Å². The molecule has 4 heterocycles. The monoisotopic (exact) mass is 529 g/mol. The zero-order valence-corrected chi connectivity index (χ0v) is 20.6. The number of nitrogens with zero attached hydrogens (tertiary/aromatic N) is 5. The molecular formula is C25H22F3N5O3S. The smallest absolute Gasteiger partial charge is 0.435 e. The molecule has 0 spiro atoms. The molecule has 2 aliphatic heterocycles. The molecule has 0 aliphatic carbocycles. The van der Waals surface area contributed by atoms with Crippen LogP contribution in [-0.2, 0) is 12.7 Å². The maximum Gasteiger partial charge on any atom is 0.435 e. The number of anilines is 1. The third-order valence-corrected chi connectivity index (χ3v) is 7.58. The van der Waals surface area contributed by atoms with Crippen LogP contribution in [0.3, 0.4) is 0 Å². The summed E-state index contributed by atoms with van der Waals surface area (Å²) in [7, 11) is 0. The summed E-state index contributed by atoms with van der Waals surface area (Å²) in [5.74, 6) is 1.42. The van der Waals surface area contributed by atoms with E-state index in [1.54, 1.807) is 23.1 Å². The number of alkyl halides is 3. The van der Waals surface area contributed by atoms with E-state index in [-0.39, 0.29) is 23.2 Å². The van der Waals surface area contributed by atoms with E-state index in [2.05, 4.69) is 15.0 Å². The molecule has 192 valence electrons. The van der Waals surface area contributed by atoms with Crippen LogP contribution in [0.5, 0.6) is 11.5 Å². The summed E-state index contributed by atoms with van der Waals surface area (Å²) in [5, 5.41) is 3.84. The Labute approximate surface area is 213 Å². The van der Waals surface area contributed by atoms with Gasteiger partial charge < -0.3 is 14.4 Å². The van der Waals surface area contributed by atoms with Crippen molar-refractivity contribution in [3.8, 4) is 16.6 Å². The number of fused-ring (bicyclic) bond motifs is 2. The summed E-state index contributed by atoms with van der Waals surface area (Å²) < 4.78 is 54.3. The number of benzene rings is 2. The van der Waals surface area contributed by atoms with Gasteiger partial charge in [0, 0.05) is 38.3 Å². The van der Waals surface area contributed by atoms with Crippen LogP contribution in [0.25, 0.3) is 15.3 Å². The second kappa shape index (κ2) is 9.03. The third-order valence-electron chi connectivity index (χ3n) is 6.57. The van der Waals surface area contributed by atoms with Crippen LogP contribution >= 0.6 is 11.3 Å². The second-order valence-corrected chi connectivity index (χ2v) is 9.96. The average Bonchev–Trinajstić information content (AvgIpc) is 3.51. The van der Waals surface area contributed by atoms with Crippen molar-refractivity contribution < 1.29 is 22.6 Å². The molecule has 0 bridgehead atoms. The number of para-hydroxylation sites is 1. The topological polar surface area (TPSA) is 72.7 Å². The molecule has 6 rings (SSSR count). The van der Waals surface area contributed by atoms with E-state index in [4.69, 9.17) is 9.47 Å². The number of piperazine rings is 1. The molecule has 2 aromatic carbocycles. The van der Waals surface area contributed by atoms with Gasteiger partial charge in [-0.2, -0.15) is 23.0 Å². The number of halogens is 3. The van der Waals surface area contributed by atoms with E-state index in [1.165, 1.54) is 6.92 Å². The van der Waals surface area contributed by atoms with E-state index in [9.17, 15) is 18.0 Å². The SMILES string of the molecule is Cc1c(C(F)(F)F)nn(-c2nc3ccccc3s2)c(=O)c1N1CCN(Cc2ccc3c(c2)OCO3)CC1. The quantitative estimate of drug-likeness (QED) is 0.392. The van der Waals surface area contributed by atoms with Gasteiger partial charge in [-0.15, -0.1) is 0 Å². The molecule has 4 aromatic rings. The molecule has 12 heteroatoms. The summed E-state index contributed by atoms with van der Waals surface area (Å²) in [6, 6.07) is 12.9. The fourth-order valence-electron chi connectivity index (χ4n) is 4.74. The molecule has 0 radical (unpaired) electrons. The molecule has 2 aliphatic rings. The molecular weight excluding hydrogens is 507 g/mol. The number of thiazole rings is 1. The Bertz CT molecular complexity index is 1510. The number of ether oxygens (including phenoxy) is 2. The molecule has 1 fully saturated rings. The van der Waals surface area contributed by atoms with E-state index in [0.29, 0.717) is 49.7 Å². The molecule has 0 N–H and O–H groups in total. The van der Waals surface area contributed by atoms with Gasteiger partial charge in [-0.1, -0.05) is 29.5 Å². The standard InChI is InChI=1S/C25H22F3N5O3S/c1-15-21(32-10-8-31(9-11-32)13-16-6-7-18-19(12-16)36-14-35-18)23(34)33(30-22(15)25(26,27)28)24-29-17-4-2-3-5-20(17)37-24/h2-7,12H,8-11,13-14H2,1H3. The number of rotatable bonds is 4. The highest BCUT2D eigenvalue weighted by atomic mass is 32.1. The van der Waals surface area contributed by atoms with Crippen LogP contribution in [-0.4, -0.2) is 52.6 Å². The Hall–Kier alpha value is -3.64. The maximum atomic E-state index is 14.0. The molecule has 2 aromatic heterocycles. The second-order valence-electron chi connectivity index (χ2n) is 8.95. The molecule has 8 nitrogen and oxygen atoms in total. The Morgan fingerprint density at radius 2 is 1.78 bits per heavy atom. The lowest BCUT2D eigenvalue weighted by molar-refractivity contribution is -0.142. The Morgan fingerprint density at radius 3 is 2.54 bits per heavy atom. The summed E-state index contributed by atoms with van der Waals surface area (Å²) in [5.41, 5.74) is -0.180. The molecule has 0 atom stereocenters. The Balaban J connectivity index is 1.30. The fraction of sp³-hybridized carbons (Fsp3) is 0.320. The number of aromatic nitrogens is 3. The summed E-state index contributed by atoms with van der Waals surface area (Å²) >= 11 is 1.13. The zero-order chi connectivity index (χ0) is 25.7. The highest BCUT2D eigenvalue weighted by Crippen LogP contribution is 2.35. The van der Waals surface area contributed by atoms with Crippen molar-refractivity contribution in [2.75, 3.05) is 37.9 Å². The lowest BCUT2D eigenvalue weighted by Crippen LogP contribution is -2.48. The first-order valence-electron chi connectivity index (χ1n) is 11.7. The molecule has 37 heavy (non-hydrogen) atoms. The first-order chi connectivity index (χ1) is 17.8. The van der Waals surface area contributed by atoms with Crippen molar-refractivity contribution in [1.29, 1.82) is 0 Å². The predicted molar refractivity (Wildman–Crippen MR) is 133 cm³/mol. The van der Waals surface area contributed by atoms with Gasteiger partial charge in [0.2, 0.25) is 11.9 Å². The molecule has 1 saturated heterocycles. The molecule has 0 unspecified atom stereocenters. The van der Waals surface area contributed by atoms with Crippen molar-refractivity contribution in [3.05, 3.63) is 69.6 Å². The van der Waals surface area contributed by atoms with Gasteiger partial charge in [0.1, 0.15) is 5.69 Å². The van der Waals surface area contributed by atoms with Crippen molar-refractivity contribution in [2.24, 2.45) is 0 Å². The van der Waals surface area contributed by atoms with Gasteiger partial charge in [0.15, 0.2) is 17.2 Å². The van der Waals surface area contributed by atoms with Crippen molar-refractivity contribution >= 4 is 27.2 Å². The lowest BCUT2D eigenvalue weighted by Gasteiger charge is -2.36. The molecule has 0 saturated carbocycles. The van der Waals surface area contributed by atoms with Gasteiger partial charge in [-0.25, -0.2) is 4.98 Å². The van der Waals surface area contributed by atoms with Crippen LogP contribution in [0.4, 0.5) is 18.9 Å². The summed E-state index contributed by atoms with van der Waals surface area (Å²) in [6.07, 6.45) is -4.72. The van der Waals surface area contributed by atoms with Crippen LogP contribution in [0.15, 0.2) is 47.3 Å². The molecule has 0 amide bonds. The van der Waals surface area contributed by atoms with Gasteiger partial charge in [-0.05, 0) is 36.8 Å². The van der Waals surface area contributed by atoms with E-state index in [0.717, 1.165) is 26.3 Å². The van der Waals surface area contributed by atoms with E-state index in [1.807, 2.05) is 24.3 Å². The Morgan fingerprint density at radius 1 is 1.03 bits per heavy atom. The first kappa shape index (κ1) is 23.7. The minimum Gasteiger partial charge on any atom is -0.454 e. The van der Waals surface area contributed by atoms with E-state index >= 15 is 0 Å². The summed E-state index contributed by atoms with van der Waals surface area (Å²) in [4.78, 5) is 21.8. The fourth-order valence-corrected chi connectivity index (χ4v) is 5.66. The van der Waals surface area contributed by atoms with Gasteiger partial charge in [-0.3, -0.25) is 9.69 Å². The van der Waals surface area contributed by atoms with Crippen LogP contribution < -0.4 is 19.9 Å². The first-order valence-corrected chi connectivity index (χ1v) is 12.5. The maximum absolute atomic E-state index is 14.0. The zero-order valence-electron chi connectivity index (χ0n) is 19.8. The van der Waals surface area contributed by atoms with Gasteiger partial charge >= 0.3 is 6.18 Å². The van der Waals surface area contributed by atoms with Crippen molar-refractivity contribution in [1.82, 2.24) is 19.7 Å². The Kier molecular flexibility index (Phi) is 5.80. The highest BCUT2D eigenvalue weighted by Gasteiger charge is 2.39. The van der Waals surface area contributed by atoms with Crippen molar-refractivity contribution in [3.63, 3.8) is 0 Å². The lowest BCUT2D eigenvalue weighted by atomic mass is 10.1. The number of hydrogen-bond acceptors (Lipinski definition) is 8. The largest absolute Gasteiger partial charge is 0.454 e. The van der Waals surface area contributed by atoms with Crippen LogP contribution in [0, 0.1) is 6.92 Å². The minimum absolute atomic E-state index is 0.0179. The highest BCUT2D eigenvalue weighted by molar-refractivity contribution is 7.20. The normalized spacial score (nSPS) is 16.1. The van der Waals surface area contributed by atoms with Gasteiger partial charge in [0.25, 0.3) is 5.56 Å². The average molecular weight is 530 g/mol. The third kappa shape index (κ3) is 4.40. The van der Waals surface area contributed by atoms with Crippen LogP contribution in [0.2, 0.25) is 0 Å². The van der Waals surface area contributed by atoms with Gasteiger partial charge in [0.05, 0.1) is 10.2 Å². The van der Waals surface area contributed by atoms with Crippen LogP contribution in [0.1, 0.15) is 16.8 Å². The van der Waals surface area contributed by atoms with E-state index < -0.39 is 17.4 Å². The minimum atomic E-state index is -4.72. The predicted octanol–water partition coefficient (Wildman–Crippen LogP) is 4.22. The number of hydrogen-bond donors (Lipinski definition) is 0.